The fraction of sp³-hybridized carbons (Fsp3) is 0.667. The van der Waals surface area contributed by atoms with Crippen molar-refractivity contribution in [3.8, 4) is 0 Å². The lowest BCUT2D eigenvalue weighted by atomic mass is 10.2. The van der Waals surface area contributed by atoms with Crippen LogP contribution in [0.2, 0.25) is 0 Å². The molecule has 66 valence electrons. The van der Waals surface area contributed by atoms with Gasteiger partial charge in [-0.05, 0) is 19.4 Å². The summed E-state index contributed by atoms with van der Waals surface area (Å²) in [5, 5.41) is 10.9. The summed E-state index contributed by atoms with van der Waals surface area (Å²) in [6.45, 7) is 1.01. The van der Waals surface area contributed by atoms with Crippen molar-refractivity contribution < 1.29 is 0 Å². The summed E-state index contributed by atoms with van der Waals surface area (Å²) in [5.74, 6) is 6.60. The van der Waals surface area contributed by atoms with Crippen LogP contribution in [0.15, 0.2) is 0 Å². The van der Waals surface area contributed by atoms with E-state index in [0.29, 0.717) is 0 Å². The molecule has 0 amide bonds. The lowest BCUT2D eigenvalue weighted by Gasteiger charge is -2.07. The first-order chi connectivity index (χ1) is 5.79. The molecule has 5 N–H and O–H groups in total. The molecule has 1 saturated heterocycles. The summed E-state index contributed by atoms with van der Waals surface area (Å²) in [4.78, 5) is 0. The molecule has 0 bridgehead atoms. The molecule has 2 rings (SSSR count). The topological polar surface area (TPSA) is 94.8 Å². The third-order valence-electron chi connectivity index (χ3n) is 2.12. The maximum atomic E-state index is 5.61. The van der Waals surface area contributed by atoms with Crippen molar-refractivity contribution in [3.05, 3.63) is 5.82 Å². The fourth-order valence-electron chi connectivity index (χ4n) is 1.46. The Morgan fingerprint density at radius 2 is 2.33 bits per heavy atom. The summed E-state index contributed by atoms with van der Waals surface area (Å²) in [6, 6.07) is 0.222. The van der Waals surface area contributed by atoms with E-state index in [0.717, 1.165) is 25.2 Å². The second kappa shape index (κ2) is 2.63. The molecule has 0 aromatic carbocycles. The molecule has 0 spiro atoms. The predicted molar refractivity (Wildman–Crippen MR) is 44.6 cm³/mol. The highest BCUT2D eigenvalue weighted by molar-refractivity contribution is 5.19. The van der Waals surface area contributed by atoms with Gasteiger partial charge < -0.3 is 16.9 Å². The quantitative estimate of drug-likeness (QED) is 0.467. The van der Waals surface area contributed by atoms with Crippen LogP contribution in [0.5, 0.6) is 0 Å². The zero-order valence-corrected chi connectivity index (χ0v) is 6.70. The molecule has 1 fully saturated rings. The number of nitrogen functional groups attached to an aromatic ring is 2. The molecule has 1 atom stereocenters. The average molecular weight is 168 g/mol. The number of hydrogen-bond acceptors (Lipinski definition) is 5. The first-order valence-electron chi connectivity index (χ1n) is 3.98. The number of nitrogens with two attached hydrogens (primary N) is 2. The zero-order valence-electron chi connectivity index (χ0n) is 6.70. The third-order valence-corrected chi connectivity index (χ3v) is 2.12. The minimum atomic E-state index is 0.222. The molecule has 6 heteroatoms. The molecule has 1 aromatic heterocycles. The summed E-state index contributed by atoms with van der Waals surface area (Å²) >= 11 is 0. The standard InChI is InChI=1S/C6H12N6/c7-6-11-10-5(12(6)8)4-2-1-3-9-4/h4,9H,1-3,8H2,(H2,7,11)/t4-/m0/s1. The molecule has 2 heterocycles. The Bertz CT molecular complexity index is 274. The van der Waals surface area contributed by atoms with Crippen LogP contribution in [0.3, 0.4) is 0 Å². The van der Waals surface area contributed by atoms with Gasteiger partial charge in [0.25, 0.3) is 0 Å². The molecule has 1 aromatic rings. The van der Waals surface area contributed by atoms with E-state index in [1.54, 1.807) is 0 Å². The summed E-state index contributed by atoms with van der Waals surface area (Å²) in [7, 11) is 0. The van der Waals surface area contributed by atoms with Gasteiger partial charge in [0.1, 0.15) is 0 Å². The van der Waals surface area contributed by atoms with Crippen molar-refractivity contribution in [2.75, 3.05) is 18.1 Å². The number of nitrogens with zero attached hydrogens (tertiary/aromatic N) is 3. The van der Waals surface area contributed by atoms with Crippen molar-refractivity contribution in [1.29, 1.82) is 0 Å². The van der Waals surface area contributed by atoms with Crippen molar-refractivity contribution in [1.82, 2.24) is 20.2 Å². The Balaban J connectivity index is 2.26. The van der Waals surface area contributed by atoms with Crippen molar-refractivity contribution in [3.63, 3.8) is 0 Å². The number of hydrogen-bond donors (Lipinski definition) is 3. The van der Waals surface area contributed by atoms with Gasteiger partial charge in [-0.1, -0.05) is 0 Å². The minimum absolute atomic E-state index is 0.222. The van der Waals surface area contributed by atoms with Crippen molar-refractivity contribution >= 4 is 5.95 Å². The third kappa shape index (κ3) is 1.00. The van der Waals surface area contributed by atoms with E-state index in [2.05, 4.69) is 15.5 Å². The summed E-state index contributed by atoms with van der Waals surface area (Å²) in [6.07, 6.45) is 2.20. The maximum absolute atomic E-state index is 5.61. The van der Waals surface area contributed by atoms with E-state index < -0.39 is 0 Å². The molecule has 6 nitrogen and oxygen atoms in total. The molecule has 0 unspecified atom stereocenters. The monoisotopic (exact) mass is 168 g/mol. The van der Waals surface area contributed by atoms with E-state index in [1.165, 1.54) is 4.68 Å². The van der Waals surface area contributed by atoms with E-state index >= 15 is 0 Å². The van der Waals surface area contributed by atoms with Gasteiger partial charge in [-0.25, -0.2) is 4.68 Å². The Morgan fingerprint density at radius 1 is 1.50 bits per heavy atom. The Hall–Kier alpha value is -1.30. The second-order valence-corrected chi connectivity index (χ2v) is 2.94. The van der Waals surface area contributed by atoms with Gasteiger partial charge in [-0.15, -0.1) is 10.2 Å². The van der Waals surface area contributed by atoms with Crippen molar-refractivity contribution in [2.45, 2.75) is 18.9 Å². The predicted octanol–water partition coefficient (Wildman–Crippen LogP) is -1.00. The first-order valence-corrected chi connectivity index (χ1v) is 3.98. The second-order valence-electron chi connectivity index (χ2n) is 2.94. The fourth-order valence-corrected chi connectivity index (χ4v) is 1.46. The van der Waals surface area contributed by atoms with Gasteiger partial charge in [0, 0.05) is 0 Å². The van der Waals surface area contributed by atoms with Crippen LogP contribution in [0, 0.1) is 0 Å². The van der Waals surface area contributed by atoms with Gasteiger partial charge in [0.15, 0.2) is 5.82 Å². The minimum Gasteiger partial charge on any atom is -0.366 e. The number of aromatic nitrogens is 3. The number of nitrogens with one attached hydrogen (secondary N) is 1. The summed E-state index contributed by atoms with van der Waals surface area (Å²) in [5.41, 5.74) is 5.44. The van der Waals surface area contributed by atoms with Gasteiger partial charge in [0.05, 0.1) is 6.04 Å². The van der Waals surface area contributed by atoms with Crippen LogP contribution in [-0.4, -0.2) is 21.4 Å². The van der Waals surface area contributed by atoms with E-state index in [-0.39, 0.29) is 12.0 Å². The first kappa shape index (κ1) is 7.35. The molecule has 12 heavy (non-hydrogen) atoms. The van der Waals surface area contributed by atoms with Gasteiger partial charge in [-0.2, -0.15) is 0 Å². The molecule has 1 aliphatic rings. The smallest absolute Gasteiger partial charge is 0.240 e. The van der Waals surface area contributed by atoms with Crippen LogP contribution in [-0.2, 0) is 0 Å². The number of anilines is 1. The van der Waals surface area contributed by atoms with Gasteiger partial charge >= 0.3 is 0 Å². The lowest BCUT2D eigenvalue weighted by Crippen LogP contribution is -2.22. The summed E-state index contributed by atoms with van der Waals surface area (Å²) < 4.78 is 1.34. The molecule has 0 saturated carbocycles. The maximum Gasteiger partial charge on any atom is 0.240 e. The average Bonchev–Trinajstić information content (AvgIpc) is 2.64. The van der Waals surface area contributed by atoms with Crippen LogP contribution < -0.4 is 16.9 Å². The highest BCUT2D eigenvalue weighted by atomic mass is 15.5. The highest BCUT2D eigenvalue weighted by Gasteiger charge is 2.22. The SMILES string of the molecule is Nc1nnc([C@@H]2CCCN2)n1N. The van der Waals surface area contributed by atoms with E-state index in [4.69, 9.17) is 11.6 Å². The van der Waals surface area contributed by atoms with Crippen molar-refractivity contribution in [2.24, 2.45) is 0 Å². The van der Waals surface area contributed by atoms with Gasteiger partial charge in [-0.3, -0.25) is 0 Å². The molecule has 0 radical (unpaired) electrons. The van der Waals surface area contributed by atoms with Gasteiger partial charge in [0.2, 0.25) is 5.95 Å². The van der Waals surface area contributed by atoms with E-state index in [1.807, 2.05) is 0 Å². The molecule has 0 aliphatic carbocycles. The lowest BCUT2D eigenvalue weighted by molar-refractivity contribution is 0.587. The molecular weight excluding hydrogens is 156 g/mol. The Kier molecular flexibility index (Phi) is 1.61. The van der Waals surface area contributed by atoms with Crippen LogP contribution in [0.4, 0.5) is 5.95 Å². The molecule has 1 aliphatic heterocycles. The van der Waals surface area contributed by atoms with E-state index in [9.17, 15) is 0 Å². The normalized spacial score (nSPS) is 23.2. The largest absolute Gasteiger partial charge is 0.366 e. The highest BCUT2D eigenvalue weighted by Crippen LogP contribution is 2.20. The van der Waals surface area contributed by atoms with Crippen LogP contribution in [0.25, 0.3) is 0 Å². The molecular formula is C6H12N6. The Labute approximate surface area is 69.9 Å². The Morgan fingerprint density at radius 3 is 2.83 bits per heavy atom. The van der Waals surface area contributed by atoms with Crippen LogP contribution >= 0.6 is 0 Å². The number of rotatable bonds is 1. The zero-order chi connectivity index (χ0) is 8.55. The van der Waals surface area contributed by atoms with Crippen LogP contribution in [0.1, 0.15) is 24.7 Å².